The molecule has 0 saturated heterocycles. The van der Waals surface area contributed by atoms with E-state index in [-0.39, 0.29) is 5.69 Å². The lowest BCUT2D eigenvalue weighted by Crippen LogP contribution is -1.92. The Balaban J connectivity index is 2.31. The van der Waals surface area contributed by atoms with Crippen LogP contribution in [0.25, 0.3) is 0 Å². The van der Waals surface area contributed by atoms with Gasteiger partial charge in [0.25, 0.3) is 5.69 Å². The van der Waals surface area contributed by atoms with E-state index in [1.54, 1.807) is 31.2 Å². The Morgan fingerprint density at radius 2 is 1.95 bits per heavy atom. The van der Waals surface area contributed by atoms with Crippen molar-refractivity contribution in [1.29, 1.82) is 5.26 Å². The average molecular weight is 333 g/mol. The van der Waals surface area contributed by atoms with E-state index < -0.39 is 4.92 Å². The van der Waals surface area contributed by atoms with E-state index in [1.807, 2.05) is 6.07 Å². The molecule has 0 unspecified atom stereocenters. The first-order valence-corrected chi connectivity index (χ1v) is 6.43. The van der Waals surface area contributed by atoms with Crippen molar-refractivity contribution in [2.75, 3.05) is 0 Å². The molecular formula is C14H9BrN2O3. The molecule has 0 bridgehead atoms. The van der Waals surface area contributed by atoms with Crippen LogP contribution in [-0.4, -0.2) is 4.92 Å². The standard InChI is InChI=1S/C14H9BrN2O3/c1-9-6-11(17(18)19)3-5-13(9)20-14-4-2-10(8-16)7-12(14)15/h2-7H,1H3. The second kappa shape index (κ2) is 5.72. The van der Waals surface area contributed by atoms with Gasteiger partial charge in [0.15, 0.2) is 0 Å². The molecular weight excluding hydrogens is 324 g/mol. The Labute approximate surface area is 123 Å². The summed E-state index contributed by atoms with van der Waals surface area (Å²) >= 11 is 3.32. The number of nitriles is 1. The lowest BCUT2D eigenvalue weighted by Gasteiger charge is -2.10. The molecule has 0 aliphatic carbocycles. The average Bonchev–Trinajstić information content (AvgIpc) is 2.42. The molecule has 0 aliphatic rings. The summed E-state index contributed by atoms with van der Waals surface area (Å²) in [6.45, 7) is 1.74. The number of nitro groups is 1. The Morgan fingerprint density at radius 3 is 2.50 bits per heavy atom. The van der Waals surface area contributed by atoms with Crippen LogP contribution in [0.3, 0.4) is 0 Å². The van der Waals surface area contributed by atoms with Crippen molar-refractivity contribution in [1.82, 2.24) is 0 Å². The first kappa shape index (κ1) is 14.0. The number of nitro benzene ring substituents is 1. The molecule has 2 rings (SSSR count). The van der Waals surface area contributed by atoms with E-state index in [0.29, 0.717) is 27.1 Å². The number of halogens is 1. The number of hydrogen-bond donors (Lipinski definition) is 0. The Hall–Kier alpha value is -2.39. The number of benzene rings is 2. The molecule has 0 aromatic heterocycles. The van der Waals surface area contributed by atoms with Crippen LogP contribution in [0.5, 0.6) is 11.5 Å². The molecule has 20 heavy (non-hydrogen) atoms. The molecule has 0 heterocycles. The highest BCUT2D eigenvalue weighted by Crippen LogP contribution is 2.33. The second-order valence-corrected chi connectivity index (χ2v) is 4.92. The van der Waals surface area contributed by atoms with Gasteiger partial charge in [-0.05, 0) is 52.7 Å². The predicted molar refractivity (Wildman–Crippen MR) is 76.8 cm³/mol. The van der Waals surface area contributed by atoms with Crippen molar-refractivity contribution in [2.45, 2.75) is 6.92 Å². The quantitative estimate of drug-likeness (QED) is 0.619. The van der Waals surface area contributed by atoms with Gasteiger partial charge in [0, 0.05) is 12.1 Å². The van der Waals surface area contributed by atoms with Crippen molar-refractivity contribution in [2.24, 2.45) is 0 Å². The van der Waals surface area contributed by atoms with Crippen molar-refractivity contribution in [3.8, 4) is 17.6 Å². The Bertz CT molecular complexity index is 723. The Kier molecular flexibility index (Phi) is 4.01. The fraction of sp³-hybridized carbons (Fsp3) is 0.0714. The minimum Gasteiger partial charge on any atom is -0.456 e. The van der Waals surface area contributed by atoms with E-state index in [9.17, 15) is 10.1 Å². The van der Waals surface area contributed by atoms with Gasteiger partial charge in [-0.3, -0.25) is 10.1 Å². The van der Waals surface area contributed by atoms with Gasteiger partial charge in [-0.25, -0.2) is 0 Å². The zero-order valence-electron chi connectivity index (χ0n) is 10.5. The van der Waals surface area contributed by atoms with E-state index in [2.05, 4.69) is 15.9 Å². The van der Waals surface area contributed by atoms with Crippen LogP contribution in [0.4, 0.5) is 5.69 Å². The van der Waals surface area contributed by atoms with E-state index in [1.165, 1.54) is 12.1 Å². The number of nitrogens with zero attached hydrogens (tertiary/aromatic N) is 2. The molecule has 0 fully saturated rings. The molecule has 0 saturated carbocycles. The molecule has 0 amide bonds. The summed E-state index contributed by atoms with van der Waals surface area (Å²) in [5.74, 6) is 1.07. The maximum Gasteiger partial charge on any atom is 0.269 e. The van der Waals surface area contributed by atoms with Crippen molar-refractivity contribution >= 4 is 21.6 Å². The van der Waals surface area contributed by atoms with Gasteiger partial charge in [-0.2, -0.15) is 5.26 Å². The SMILES string of the molecule is Cc1cc([N+](=O)[O-])ccc1Oc1ccc(C#N)cc1Br. The number of ether oxygens (including phenoxy) is 1. The molecule has 0 N–H and O–H groups in total. The summed E-state index contributed by atoms with van der Waals surface area (Å²) in [5, 5.41) is 19.5. The third-order valence-corrected chi connectivity index (χ3v) is 3.27. The highest BCUT2D eigenvalue weighted by Gasteiger charge is 2.11. The molecule has 2 aromatic carbocycles. The smallest absolute Gasteiger partial charge is 0.269 e. The van der Waals surface area contributed by atoms with Crippen LogP contribution in [0.15, 0.2) is 40.9 Å². The van der Waals surface area contributed by atoms with Gasteiger partial charge in [-0.15, -0.1) is 0 Å². The summed E-state index contributed by atoms with van der Waals surface area (Å²) in [5.41, 5.74) is 1.20. The predicted octanol–water partition coefficient (Wildman–Crippen LogP) is 4.33. The normalized spacial score (nSPS) is 9.85. The summed E-state index contributed by atoms with van der Waals surface area (Å²) in [6, 6.07) is 11.4. The van der Waals surface area contributed by atoms with Crippen LogP contribution in [0.1, 0.15) is 11.1 Å². The van der Waals surface area contributed by atoms with Crippen LogP contribution in [-0.2, 0) is 0 Å². The lowest BCUT2D eigenvalue weighted by atomic mass is 10.2. The zero-order valence-corrected chi connectivity index (χ0v) is 12.0. The molecule has 100 valence electrons. The van der Waals surface area contributed by atoms with Gasteiger partial charge in [-0.1, -0.05) is 0 Å². The maximum atomic E-state index is 10.7. The highest BCUT2D eigenvalue weighted by molar-refractivity contribution is 9.10. The van der Waals surface area contributed by atoms with E-state index in [0.717, 1.165) is 0 Å². The first-order chi connectivity index (χ1) is 9.51. The van der Waals surface area contributed by atoms with E-state index >= 15 is 0 Å². The summed E-state index contributed by atoms with van der Waals surface area (Å²) in [7, 11) is 0. The number of non-ortho nitro benzene ring substituents is 1. The van der Waals surface area contributed by atoms with Gasteiger partial charge < -0.3 is 4.74 Å². The molecule has 0 aliphatic heterocycles. The highest BCUT2D eigenvalue weighted by atomic mass is 79.9. The van der Waals surface area contributed by atoms with Crippen molar-refractivity contribution in [3.05, 3.63) is 62.1 Å². The van der Waals surface area contributed by atoms with Crippen molar-refractivity contribution < 1.29 is 9.66 Å². The van der Waals surface area contributed by atoms with Gasteiger partial charge in [0.2, 0.25) is 0 Å². The van der Waals surface area contributed by atoms with Crippen LogP contribution >= 0.6 is 15.9 Å². The monoisotopic (exact) mass is 332 g/mol. The summed E-state index contributed by atoms with van der Waals surface area (Å²) in [6.07, 6.45) is 0. The molecule has 0 radical (unpaired) electrons. The first-order valence-electron chi connectivity index (χ1n) is 5.64. The largest absolute Gasteiger partial charge is 0.456 e. The number of rotatable bonds is 3. The van der Waals surface area contributed by atoms with Gasteiger partial charge in [0.05, 0.1) is 21.0 Å². The maximum absolute atomic E-state index is 10.7. The van der Waals surface area contributed by atoms with Crippen LogP contribution in [0, 0.1) is 28.4 Å². The van der Waals surface area contributed by atoms with Gasteiger partial charge >= 0.3 is 0 Å². The second-order valence-electron chi connectivity index (χ2n) is 4.07. The summed E-state index contributed by atoms with van der Waals surface area (Å²) in [4.78, 5) is 10.2. The van der Waals surface area contributed by atoms with Crippen molar-refractivity contribution in [3.63, 3.8) is 0 Å². The fourth-order valence-electron chi connectivity index (χ4n) is 1.63. The minimum atomic E-state index is -0.450. The number of hydrogen-bond acceptors (Lipinski definition) is 4. The number of aryl methyl sites for hydroxylation is 1. The molecule has 0 spiro atoms. The minimum absolute atomic E-state index is 0.0220. The fourth-order valence-corrected chi connectivity index (χ4v) is 2.09. The topological polar surface area (TPSA) is 76.2 Å². The molecule has 5 nitrogen and oxygen atoms in total. The Morgan fingerprint density at radius 1 is 1.25 bits per heavy atom. The van der Waals surface area contributed by atoms with Crippen LogP contribution in [0.2, 0.25) is 0 Å². The third kappa shape index (κ3) is 2.95. The zero-order chi connectivity index (χ0) is 14.7. The molecule has 6 heteroatoms. The van der Waals surface area contributed by atoms with Gasteiger partial charge in [0.1, 0.15) is 11.5 Å². The summed E-state index contributed by atoms with van der Waals surface area (Å²) < 4.78 is 6.34. The molecule has 0 atom stereocenters. The lowest BCUT2D eigenvalue weighted by molar-refractivity contribution is -0.384. The van der Waals surface area contributed by atoms with E-state index in [4.69, 9.17) is 10.00 Å². The third-order valence-electron chi connectivity index (χ3n) is 2.65. The van der Waals surface area contributed by atoms with Crippen LogP contribution < -0.4 is 4.74 Å². The molecule has 2 aromatic rings.